The summed E-state index contributed by atoms with van der Waals surface area (Å²) < 4.78 is 20.3. The Morgan fingerprint density at radius 2 is 1.91 bits per heavy atom. The Balaban J connectivity index is 1.43. The number of H-pyrrole nitrogens is 1. The van der Waals surface area contributed by atoms with Crippen LogP contribution in [0.25, 0.3) is 11.4 Å². The van der Waals surface area contributed by atoms with Crippen LogP contribution in [-0.2, 0) is 0 Å². The standard InChI is InChI=1S/C24H19FN4O3/c1-15-3-2-4-17(9-15)28-24(31)29-21-6-5-18(11-20(21)25)32-19-7-8-26-23(12-19)22-10-16(14-30)13-27-22/h2-14,27H,1H3,(H2,28,29,31). The van der Waals surface area contributed by atoms with Gasteiger partial charge in [-0.2, -0.15) is 0 Å². The predicted octanol–water partition coefficient (Wildman–Crippen LogP) is 5.77. The fraction of sp³-hybridized carbons (Fsp3) is 0.0417. The monoisotopic (exact) mass is 430 g/mol. The van der Waals surface area contributed by atoms with Gasteiger partial charge in [0.05, 0.1) is 17.1 Å². The van der Waals surface area contributed by atoms with Gasteiger partial charge in [-0.05, 0) is 48.9 Å². The highest BCUT2D eigenvalue weighted by Gasteiger charge is 2.10. The van der Waals surface area contributed by atoms with Gasteiger partial charge in [0.2, 0.25) is 0 Å². The zero-order valence-electron chi connectivity index (χ0n) is 17.1. The Kier molecular flexibility index (Phi) is 5.94. The van der Waals surface area contributed by atoms with E-state index in [1.54, 1.807) is 42.7 Å². The molecule has 8 heteroatoms. The van der Waals surface area contributed by atoms with E-state index in [0.717, 1.165) is 11.8 Å². The molecule has 2 heterocycles. The van der Waals surface area contributed by atoms with Crippen molar-refractivity contribution in [3.05, 3.63) is 90.0 Å². The molecule has 2 amide bonds. The number of rotatable bonds is 6. The molecule has 2 aromatic heterocycles. The molecule has 0 bridgehead atoms. The number of nitrogens with one attached hydrogen (secondary N) is 3. The number of aromatic nitrogens is 2. The first kappa shape index (κ1) is 20.8. The topological polar surface area (TPSA) is 96.1 Å². The number of aryl methyl sites for hydroxylation is 1. The molecule has 4 aromatic rings. The molecule has 0 radical (unpaired) electrons. The van der Waals surface area contributed by atoms with Gasteiger partial charge in [-0.1, -0.05) is 12.1 Å². The third-order valence-electron chi connectivity index (χ3n) is 4.55. The van der Waals surface area contributed by atoms with Crippen LogP contribution in [0.4, 0.5) is 20.6 Å². The summed E-state index contributed by atoms with van der Waals surface area (Å²) in [6.07, 6.45) is 3.86. The van der Waals surface area contributed by atoms with Crippen molar-refractivity contribution in [2.24, 2.45) is 0 Å². The third-order valence-corrected chi connectivity index (χ3v) is 4.55. The maximum Gasteiger partial charge on any atom is 0.323 e. The van der Waals surface area contributed by atoms with Crippen LogP contribution in [0.1, 0.15) is 15.9 Å². The van der Waals surface area contributed by atoms with Crippen molar-refractivity contribution >= 4 is 23.7 Å². The van der Waals surface area contributed by atoms with E-state index in [4.69, 9.17) is 4.74 Å². The second kappa shape index (κ2) is 9.13. The van der Waals surface area contributed by atoms with Crippen molar-refractivity contribution in [3.63, 3.8) is 0 Å². The predicted molar refractivity (Wildman–Crippen MR) is 120 cm³/mol. The van der Waals surface area contributed by atoms with E-state index in [1.165, 1.54) is 12.1 Å². The van der Waals surface area contributed by atoms with Gasteiger partial charge < -0.3 is 20.4 Å². The molecule has 4 rings (SSSR count). The first-order valence-corrected chi connectivity index (χ1v) is 9.72. The summed E-state index contributed by atoms with van der Waals surface area (Å²) in [6, 6.07) is 15.8. The van der Waals surface area contributed by atoms with E-state index in [0.29, 0.717) is 28.4 Å². The normalized spacial score (nSPS) is 10.4. The van der Waals surface area contributed by atoms with Gasteiger partial charge in [-0.3, -0.25) is 9.78 Å². The largest absolute Gasteiger partial charge is 0.457 e. The lowest BCUT2D eigenvalue weighted by atomic mass is 10.2. The molecule has 0 fully saturated rings. The number of aromatic amines is 1. The Morgan fingerprint density at radius 1 is 1.06 bits per heavy atom. The maximum absolute atomic E-state index is 14.5. The average Bonchev–Trinajstić information content (AvgIpc) is 3.25. The molecule has 32 heavy (non-hydrogen) atoms. The summed E-state index contributed by atoms with van der Waals surface area (Å²) in [5.74, 6) is 0.0510. The zero-order chi connectivity index (χ0) is 22.5. The van der Waals surface area contributed by atoms with Crippen LogP contribution in [0.15, 0.2) is 73.1 Å². The molecule has 2 aromatic carbocycles. The smallest absolute Gasteiger partial charge is 0.323 e. The maximum atomic E-state index is 14.5. The number of anilines is 2. The minimum Gasteiger partial charge on any atom is -0.457 e. The fourth-order valence-electron chi connectivity index (χ4n) is 3.05. The van der Waals surface area contributed by atoms with Gasteiger partial charge in [0, 0.05) is 35.8 Å². The van der Waals surface area contributed by atoms with Crippen LogP contribution < -0.4 is 15.4 Å². The molecule has 0 atom stereocenters. The molecular weight excluding hydrogens is 411 g/mol. The second-order valence-electron chi connectivity index (χ2n) is 7.03. The number of carbonyl (C=O) groups is 2. The number of aldehydes is 1. The Labute approximate surface area is 183 Å². The minimum absolute atomic E-state index is 0.0192. The number of carbonyl (C=O) groups excluding carboxylic acids is 2. The quantitative estimate of drug-likeness (QED) is 0.338. The molecule has 160 valence electrons. The van der Waals surface area contributed by atoms with Crippen molar-refractivity contribution in [2.45, 2.75) is 6.92 Å². The van der Waals surface area contributed by atoms with E-state index >= 15 is 0 Å². The van der Waals surface area contributed by atoms with Crippen molar-refractivity contribution in [2.75, 3.05) is 10.6 Å². The van der Waals surface area contributed by atoms with Crippen molar-refractivity contribution < 1.29 is 18.7 Å². The Morgan fingerprint density at radius 3 is 2.66 bits per heavy atom. The minimum atomic E-state index is -0.642. The summed E-state index contributed by atoms with van der Waals surface area (Å²) in [5.41, 5.74) is 3.36. The van der Waals surface area contributed by atoms with Gasteiger partial charge in [-0.15, -0.1) is 0 Å². The zero-order valence-corrected chi connectivity index (χ0v) is 17.1. The number of urea groups is 1. The lowest BCUT2D eigenvalue weighted by Gasteiger charge is -2.11. The van der Waals surface area contributed by atoms with Gasteiger partial charge in [0.25, 0.3) is 0 Å². The molecule has 7 nitrogen and oxygen atoms in total. The first-order chi connectivity index (χ1) is 15.5. The van der Waals surface area contributed by atoms with Crippen LogP contribution in [-0.4, -0.2) is 22.3 Å². The van der Waals surface area contributed by atoms with Crippen LogP contribution >= 0.6 is 0 Å². The summed E-state index contributed by atoms with van der Waals surface area (Å²) in [6.45, 7) is 1.91. The number of pyridine rings is 1. The van der Waals surface area contributed by atoms with Crippen molar-refractivity contribution in [3.8, 4) is 22.9 Å². The Bertz CT molecular complexity index is 1290. The summed E-state index contributed by atoms with van der Waals surface area (Å²) >= 11 is 0. The average molecular weight is 430 g/mol. The van der Waals surface area contributed by atoms with Crippen LogP contribution in [0.2, 0.25) is 0 Å². The highest BCUT2D eigenvalue weighted by molar-refractivity contribution is 5.99. The molecule has 3 N–H and O–H groups in total. The summed E-state index contributed by atoms with van der Waals surface area (Å²) in [5, 5.41) is 5.15. The molecule has 0 spiro atoms. The van der Waals surface area contributed by atoms with Gasteiger partial charge in [-0.25, -0.2) is 9.18 Å². The second-order valence-corrected chi connectivity index (χ2v) is 7.03. The van der Waals surface area contributed by atoms with E-state index < -0.39 is 11.8 Å². The number of hydrogen-bond acceptors (Lipinski definition) is 4. The van der Waals surface area contributed by atoms with Crippen molar-refractivity contribution in [1.82, 2.24) is 9.97 Å². The van der Waals surface area contributed by atoms with E-state index in [9.17, 15) is 14.0 Å². The molecule has 0 saturated carbocycles. The summed E-state index contributed by atoms with van der Waals surface area (Å²) in [7, 11) is 0. The number of ether oxygens (including phenoxy) is 1. The molecular formula is C24H19FN4O3. The molecule has 0 aliphatic carbocycles. The van der Waals surface area contributed by atoms with Crippen LogP contribution in [0, 0.1) is 12.7 Å². The van der Waals surface area contributed by atoms with Crippen LogP contribution in [0.3, 0.4) is 0 Å². The first-order valence-electron chi connectivity index (χ1n) is 9.72. The number of halogens is 1. The number of amides is 2. The number of benzene rings is 2. The highest BCUT2D eigenvalue weighted by Crippen LogP contribution is 2.28. The van der Waals surface area contributed by atoms with E-state index in [-0.39, 0.29) is 11.4 Å². The van der Waals surface area contributed by atoms with Crippen molar-refractivity contribution in [1.29, 1.82) is 0 Å². The Hall–Kier alpha value is -4.46. The fourth-order valence-corrected chi connectivity index (χ4v) is 3.05. The summed E-state index contributed by atoms with van der Waals surface area (Å²) in [4.78, 5) is 30.2. The molecule has 0 aliphatic heterocycles. The molecule has 0 unspecified atom stereocenters. The van der Waals surface area contributed by atoms with Gasteiger partial charge in [0.15, 0.2) is 6.29 Å². The number of hydrogen-bond donors (Lipinski definition) is 3. The van der Waals surface area contributed by atoms with E-state index in [2.05, 4.69) is 20.6 Å². The number of nitrogens with zero attached hydrogens (tertiary/aromatic N) is 1. The highest BCUT2D eigenvalue weighted by atomic mass is 19.1. The van der Waals surface area contributed by atoms with Gasteiger partial charge in [0.1, 0.15) is 17.3 Å². The molecule has 0 saturated heterocycles. The SMILES string of the molecule is Cc1cccc(NC(=O)Nc2ccc(Oc3ccnc(-c4cc(C=O)c[nH]4)c3)cc2F)c1. The van der Waals surface area contributed by atoms with Crippen LogP contribution in [0.5, 0.6) is 11.5 Å². The third kappa shape index (κ3) is 4.99. The van der Waals surface area contributed by atoms with Gasteiger partial charge >= 0.3 is 6.03 Å². The lowest BCUT2D eigenvalue weighted by Crippen LogP contribution is -2.20. The molecule has 0 aliphatic rings. The lowest BCUT2D eigenvalue weighted by molar-refractivity contribution is 0.112. The van der Waals surface area contributed by atoms with E-state index in [1.807, 2.05) is 25.1 Å².